The number of fused-ring (bicyclic) bond motifs is 1. The zero-order valence-electron chi connectivity index (χ0n) is 20.0. The van der Waals surface area contributed by atoms with E-state index in [0.717, 1.165) is 10.9 Å². The van der Waals surface area contributed by atoms with Crippen LogP contribution in [0, 0.1) is 11.3 Å². The molecule has 6 N–H and O–H groups in total. The number of nitrogens with one attached hydrogen (secondary N) is 4. The Morgan fingerprint density at radius 3 is 2.53 bits per heavy atom. The number of hydrogen-bond donors (Lipinski definition) is 5. The minimum atomic E-state index is -1.02. The maximum absolute atomic E-state index is 13.2. The Morgan fingerprint density at radius 2 is 1.94 bits per heavy atom. The van der Waals surface area contributed by atoms with Crippen molar-refractivity contribution in [3.63, 3.8) is 0 Å². The van der Waals surface area contributed by atoms with Gasteiger partial charge in [0.25, 0.3) is 5.91 Å². The molecule has 1 saturated heterocycles. The highest BCUT2D eigenvalue weighted by Gasteiger charge is 2.33. The van der Waals surface area contributed by atoms with Gasteiger partial charge >= 0.3 is 0 Å². The van der Waals surface area contributed by atoms with Crippen LogP contribution in [0.25, 0.3) is 10.9 Å². The molecule has 3 atom stereocenters. The number of primary amides is 1. The summed E-state index contributed by atoms with van der Waals surface area (Å²) in [4.78, 5) is 53.2. The lowest BCUT2D eigenvalue weighted by Gasteiger charge is -2.27. The van der Waals surface area contributed by atoms with E-state index in [2.05, 4.69) is 20.9 Å². The largest absolute Gasteiger partial charge is 0.496 e. The third kappa shape index (κ3) is 6.06. The molecule has 4 amide bonds. The molecular weight excluding hydrogens is 438 g/mol. The molecule has 3 rings (SSSR count). The molecule has 0 spiro atoms. The number of carbonyl (C=O) groups excluding carboxylic acids is 4. The number of H-pyrrole nitrogens is 1. The van der Waals surface area contributed by atoms with Crippen molar-refractivity contribution in [1.82, 2.24) is 20.9 Å². The summed E-state index contributed by atoms with van der Waals surface area (Å²) < 4.78 is 5.35. The molecule has 0 bridgehead atoms. The lowest BCUT2D eigenvalue weighted by molar-refractivity contribution is -0.130. The predicted molar refractivity (Wildman–Crippen MR) is 127 cm³/mol. The van der Waals surface area contributed by atoms with E-state index in [0.29, 0.717) is 25.1 Å². The van der Waals surface area contributed by atoms with Crippen LogP contribution in [0.15, 0.2) is 24.3 Å². The molecule has 34 heavy (non-hydrogen) atoms. The van der Waals surface area contributed by atoms with Gasteiger partial charge in [-0.25, -0.2) is 0 Å². The van der Waals surface area contributed by atoms with Gasteiger partial charge in [-0.15, -0.1) is 0 Å². The number of benzene rings is 1. The SMILES string of the molecule is COc1cccc2[nH]c(C(=O)N[C@@H](CC(C)(C)C)C(=O)N[C@@H](C[C@@H]3CCNC3=O)C(N)=O)cc12. The third-order valence-corrected chi connectivity index (χ3v) is 5.87. The maximum Gasteiger partial charge on any atom is 0.268 e. The van der Waals surface area contributed by atoms with Crippen LogP contribution >= 0.6 is 0 Å². The number of methoxy groups -OCH3 is 1. The van der Waals surface area contributed by atoms with Gasteiger partial charge in [0.1, 0.15) is 23.5 Å². The van der Waals surface area contributed by atoms with Crippen molar-refractivity contribution >= 4 is 34.5 Å². The fraction of sp³-hybridized carbons (Fsp3) is 0.500. The lowest BCUT2D eigenvalue weighted by atomic mass is 9.87. The van der Waals surface area contributed by atoms with Crippen molar-refractivity contribution in [2.75, 3.05) is 13.7 Å². The number of aromatic nitrogens is 1. The zero-order valence-corrected chi connectivity index (χ0v) is 20.0. The van der Waals surface area contributed by atoms with Crippen LogP contribution < -0.4 is 26.4 Å². The molecule has 1 aliphatic rings. The van der Waals surface area contributed by atoms with Crippen LogP contribution in [0.4, 0.5) is 0 Å². The summed E-state index contributed by atoms with van der Waals surface area (Å²) in [5.74, 6) is -1.65. The molecule has 10 heteroatoms. The Kier molecular flexibility index (Phi) is 7.48. The molecule has 1 aromatic carbocycles. The summed E-state index contributed by atoms with van der Waals surface area (Å²) in [6.45, 7) is 6.37. The van der Waals surface area contributed by atoms with Crippen molar-refractivity contribution in [2.45, 2.75) is 52.1 Å². The number of nitrogens with two attached hydrogens (primary N) is 1. The molecule has 0 aliphatic carbocycles. The summed E-state index contributed by atoms with van der Waals surface area (Å²) in [6.07, 6.45) is 1.01. The number of ether oxygens (including phenoxy) is 1. The highest BCUT2D eigenvalue weighted by molar-refractivity contribution is 6.01. The van der Waals surface area contributed by atoms with Crippen LogP contribution in [0.5, 0.6) is 5.75 Å². The second-order valence-corrected chi connectivity index (χ2v) is 9.87. The number of aromatic amines is 1. The van der Waals surface area contributed by atoms with Gasteiger partial charge in [-0.1, -0.05) is 26.8 Å². The van der Waals surface area contributed by atoms with Crippen molar-refractivity contribution in [1.29, 1.82) is 0 Å². The van der Waals surface area contributed by atoms with Crippen LogP contribution in [-0.2, 0) is 14.4 Å². The first kappa shape index (κ1) is 25.1. The Bertz CT molecular complexity index is 1090. The highest BCUT2D eigenvalue weighted by atomic mass is 16.5. The second-order valence-electron chi connectivity index (χ2n) is 9.87. The normalized spacial score (nSPS) is 17.6. The molecule has 1 fully saturated rings. The number of amides is 4. The van der Waals surface area contributed by atoms with Gasteiger partial charge in [0.15, 0.2) is 0 Å². The summed E-state index contributed by atoms with van der Waals surface area (Å²) >= 11 is 0. The van der Waals surface area contributed by atoms with Gasteiger partial charge in [-0.05, 0) is 42.9 Å². The summed E-state index contributed by atoms with van der Waals surface area (Å²) in [5.41, 5.74) is 6.21. The Hall–Kier alpha value is -3.56. The van der Waals surface area contributed by atoms with Crippen molar-refractivity contribution in [2.24, 2.45) is 17.1 Å². The molecule has 0 saturated carbocycles. The first-order chi connectivity index (χ1) is 16.0. The molecular formula is C24H33N5O5. The summed E-state index contributed by atoms with van der Waals surface area (Å²) in [5, 5.41) is 8.89. The second kappa shape index (κ2) is 10.1. The third-order valence-electron chi connectivity index (χ3n) is 5.87. The zero-order chi connectivity index (χ0) is 25.0. The first-order valence-corrected chi connectivity index (χ1v) is 11.3. The van der Waals surface area contributed by atoms with Gasteiger partial charge in [-0.2, -0.15) is 0 Å². The molecule has 0 unspecified atom stereocenters. The van der Waals surface area contributed by atoms with Crippen LogP contribution in [0.2, 0.25) is 0 Å². The van der Waals surface area contributed by atoms with E-state index in [1.807, 2.05) is 32.9 Å². The van der Waals surface area contributed by atoms with Crippen LogP contribution in [0.3, 0.4) is 0 Å². The van der Waals surface area contributed by atoms with Gasteiger partial charge < -0.3 is 31.4 Å². The fourth-order valence-electron chi connectivity index (χ4n) is 4.16. The number of hydrogen-bond acceptors (Lipinski definition) is 5. The van der Waals surface area contributed by atoms with Crippen molar-refractivity contribution < 1.29 is 23.9 Å². The molecule has 184 valence electrons. The van der Waals surface area contributed by atoms with Gasteiger partial charge in [0.05, 0.1) is 7.11 Å². The lowest BCUT2D eigenvalue weighted by Crippen LogP contribution is -2.54. The topological polar surface area (TPSA) is 155 Å². The molecule has 2 aromatic rings. The van der Waals surface area contributed by atoms with Gasteiger partial charge in [0, 0.05) is 23.4 Å². The molecule has 10 nitrogen and oxygen atoms in total. The Balaban J connectivity index is 1.77. The van der Waals surface area contributed by atoms with E-state index in [9.17, 15) is 19.2 Å². The molecule has 1 aromatic heterocycles. The highest BCUT2D eigenvalue weighted by Crippen LogP contribution is 2.26. The van der Waals surface area contributed by atoms with Crippen LogP contribution in [-0.4, -0.2) is 54.4 Å². The molecule has 0 radical (unpaired) electrons. The minimum absolute atomic E-state index is 0.116. The molecule has 2 heterocycles. The Morgan fingerprint density at radius 1 is 1.21 bits per heavy atom. The average molecular weight is 472 g/mol. The van der Waals surface area contributed by atoms with Gasteiger partial charge in [0.2, 0.25) is 17.7 Å². The standard InChI is InChI=1S/C24H33N5O5/c1-24(2,3)12-18(23(33)28-16(20(25)30)10-13-8-9-26-21(13)31)29-22(32)17-11-14-15(27-17)6-5-7-19(14)34-4/h5-7,11,13,16,18,27H,8-10,12H2,1-4H3,(H2,25,30)(H,26,31)(H,28,33)(H,29,32)/t13-,16-,18-/m0/s1. The summed E-state index contributed by atoms with van der Waals surface area (Å²) in [7, 11) is 1.55. The first-order valence-electron chi connectivity index (χ1n) is 11.3. The quantitative estimate of drug-likeness (QED) is 0.372. The number of rotatable bonds is 9. The average Bonchev–Trinajstić information content (AvgIpc) is 3.37. The van der Waals surface area contributed by atoms with E-state index >= 15 is 0 Å². The fourth-order valence-corrected chi connectivity index (χ4v) is 4.16. The van der Waals surface area contributed by atoms with Crippen molar-refractivity contribution in [3.8, 4) is 5.75 Å². The van der Waals surface area contributed by atoms with E-state index in [-0.39, 0.29) is 23.4 Å². The van der Waals surface area contributed by atoms with Crippen LogP contribution in [0.1, 0.15) is 50.5 Å². The van der Waals surface area contributed by atoms with E-state index < -0.39 is 35.7 Å². The van der Waals surface area contributed by atoms with Gasteiger partial charge in [-0.3, -0.25) is 19.2 Å². The Labute approximate surface area is 198 Å². The number of carbonyl (C=O) groups is 4. The monoisotopic (exact) mass is 471 g/mol. The van der Waals surface area contributed by atoms with E-state index in [1.165, 1.54) is 0 Å². The van der Waals surface area contributed by atoms with E-state index in [1.54, 1.807) is 19.2 Å². The minimum Gasteiger partial charge on any atom is -0.496 e. The molecule has 1 aliphatic heterocycles. The predicted octanol–water partition coefficient (Wildman–Crippen LogP) is 1.21. The van der Waals surface area contributed by atoms with E-state index in [4.69, 9.17) is 10.5 Å². The smallest absolute Gasteiger partial charge is 0.268 e. The summed E-state index contributed by atoms with van der Waals surface area (Å²) in [6, 6.07) is 5.16. The van der Waals surface area contributed by atoms with Crippen molar-refractivity contribution in [3.05, 3.63) is 30.0 Å². The maximum atomic E-state index is 13.2.